The molecule has 0 amide bonds. The van der Waals surface area contributed by atoms with E-state index in [0.29, 0.717) is 6.04 Å². The van der Waals surface area contributed by atoms with E-state index in [0.717, 1.165) is 28.1 Å². The fraction of sp³-hybridized carbons (Fsp3) is 0.600. The second-order valence-electron chi connectivity index (χ2n) is 5.27. The lowest BCUT2D eigenvalue weighted by atomic mass is 9.84. The molecule has 0 aromatic heterocycles. The number of hydrogen-bond acceptors (Lipinski definition) is 1. The van der Waals surface area contributed by atoms with Crippen LogP contribution in [0.1, 0.15) is 44.6 Å². The molecule has 0 radical (unpaired) electrons. The minimum absolute atomic E-state index is 0.539. The topological polar surface area (TPSA) is 12.0 Å². The van der Waals surface area contributed by atoms with E-state index in [9.17, 15) is 0 Å². The standard InChI is InChI=1S/C15H21Cl2N/c1-11(12-6-3-2-4-7-12)18-10-13-14(16)8-5-9-15(13)17/h5,8-9,11-12,18H,2-4,6-7,10H2,1H3/t11-/m1/s1. The Hall–Kier alpha value is -0.240. The van der Waals surface area contributed by atoms with Gasteiger partial charge in [0.2, 0.25) is 0 Å². The summed E-state index contributed by atoms with van der Waals surface area (Å²) in [4.78, 5) is 0. The van der Waals surface area contributed by atoms with Gasteiger partial charge in [0.1, 0.15) is 0 Å². The van der Waals surface area contributed by atoms with Gasteiger partial charge < -0.3 is 5.32 Å². The first-order valence-corrected chi connectivity index (χ1v) is 7.60. The maximum absolute atomic E-state index is 6.17. The third-order valence-electron chi connectivity index (χ3n) is 4.02. The van der Waals surface area contributed by atoms with E-state index in [2.05, 4.69) is 12.2 Å². The van der Waals surface area contributed by atoms with Crippen LogP contribution in [0.3, 0.4) is 0 Å². The Morgan fingerprint density at radius 1 is 1.17 bits per heavy atom. The highest BCUT2D eigenvalue weighted by atomic mass is 35.5. The van der Waals surface area contributed by atoms with Crippen molar-refractivity contribution in [2.75, 3.05) is 0 Å². The Morgan fingerprint density at radius 2 is 1.78 bits per heavy atom. The molecule has 0 heterocycles. The Kier molecular flexibility index (Phi) is 5.35. The highest BCUT2D eigenvalue weighted by Gasteiger charge is 2.19. The zero-order valence-electron chi connectivity index (χ0n) is 10.9. The molecule has 0 aliphatic heterocycles. The van der Waals surface area contributed by atoms with E-state index < -0.39 is 0 Å². The van der Waals surface area contributed by atoms with Gasteiger partial charge in [-0.3, -0.25) is 0 Å². The zero-order valence-corrected chi connectivity index (χ0v) is 12.4. The second-order valence-corrected chi connectivity index (χ2v) is 6.08. The largest absolute Gasteiger partial charge is 0.310 e. The molecule has 3 heteroatoms. The molecule has 2 rings (SSSR count). The number of hydrogen-bond donors (Lipinski definition) is 1. The molecule has 0 unspecified atom stereocenters. The summed E-state index contributed by atoms with van der Waals surface area (Å²) in [5.74, 6) is 0.806. The molecule has 1 nitrogen and oxygen atoms in total. The summed E-state index contributed by atoms with van der Waals surface area (Å²) in [7, 11) is 0. The smallest absolute Gasteiger partial charge is 0.0465 e. The van der Waals surface area contributed by atoms with Crippen molar-refractivity contribution in [3.05, 3.63) is 33.8 Å². The van der Waals surface area contributed by atoms with Crippen LogP contribution in [0.25, 0.3) is 0 Å². The van der Waals surface area contributed by atoms with Crippen LogP contribution < -0.4 is 5.32 Å². The lowest BCUT2D eigenvalue weighted by Gasteiger charge is -2.28. The number of halogens is 2. The van der Waals surface area contributed by atoms with Crippen molar-refractivity contribution < 1.29 is 0 Å². The molecule has 1 aliphatic rings. The summed E-state index contributed by atoms with van der Waals surface area (Å²) < 4.78 is 0. The molecule has 1 aromatic carbocycles. The summed E-state index contributed by atoms with van der Waals surface area (Å²) in [5, 5.41) is 5.09. The normalized spacial score (nSPS) is 18.8. The Labute approximate surface area is 120 Å². The molecule has 0 spiro atoms. The van der Waals surface area contributed by atoms with Crippen LogP contribution in [0.15, 0.2) is 18.2 Å². The van der Waals surface area contributed by atoms with Crippen LogP contribution in [0, 0.1) is 5.92 Å². The molecular formula is C15H21Cl2N. The molecule has 0 saturated heterocycles. The minimum Gasteiger partial charge on any atom is -0.310 e. The summed E-state index contributed by atoms with van der Waals surface area (Å²) >= 11 is 12.3. The SMILES string of the molecule is C[C@@H](NCc1c(Cl)cccc1Cl)C1CCCCC1. The van der Waals surface area contributed by atoms with Crippen molar-refractivity contribution in [1.82, 2.24) is 5.32 Å². The van der Waals surface area contributed by atoms with Crippen LogP contribution in [-0.4, -0.2) is 6.04 Å². The molecule has 1 fully saturated rings. The predicted octanol–water partition coefficient (Wildman–Crippen LogP) is 5.05. The van der Waals surface area contributed by atoms with Gasteiger partial charge in [0.15, 0.2) is 0 Å². The van der Waals surface area contributed by atoms with Gasteiger partial charge in [-0.2, -0.15) is 0 Å². The van der Waals surface area contributed by atoms with Gasteiger partial charge in [-0.15, -0.1) is 0 Å². The van der Waals surface area contributed by atoms with E-state index in [-0.39, 0.29) is 0 Å². The van der Waals surface area contributed by atoms with Gasteiger partial charge in [-0.05, 0) is 37.8 Å². The first-order valence-electron chi connectivity index (χ1n) is 6.84. The van der Waals surface area contributed by atoms with Gasteiger partial charge in [0.05, 0.1) is 0 Å². The quantitative estimate of drug-likeness (QED) is 0.816. The van der Waals surface area contributed by atoms with E-state index in [4.69, 9.17) is 23.2 Å². The molecule has 1 saturated carbocycles. The van der Waals surface area contributed by atoms with Crippen molar-refractivity contribution in [3.8, 4) is 0 Å². The highest BCUT2D eigenvalue weighted by Crippen LogP contribution is 2.28. The van der Waals surface area contributed by atoms with Gasteiger partial charge in [0.25, 0.3) is 0 Å². The summed E-state index contributed by atoms with van der Waals surface area (Å²) in [5.41, 5.74) is 1.02. The molecular weight excluding hydrogens is 265 g/mol. The molecule has 1 N–H and O–H groups in total. The molecule has 18 heavy (non-hydrogen) atoms. The molecule has 1 aromatic rings. The number of nitrogens with one attached hydrogen (secondary N) is 1. The molecule has 1 aliphatic carbocycles. The van der Waals surface area contributed by atoms with Crippen LogP contribution in [-0.2, 0) is 6.54 Å². The number of benzene rings is 1. The summed E-state index contributed by atoms with van der Waals surface area (Å²) in [6.45, 7) is 3.04. The molecule has 100 valence electrons. The van der Waals surface area contributed by atoms with Crippen molar-refractivity contribution >= 4 is 23.2 Å². The predicted molar refractivity (Wildman–Crippen MR) is 79.3 cm³/mol. The highest BCUT2D eigenvalue weighted by molar-refractivity contribution is 6.35. The number of rotatable bonds is 4. The third kappa shape index (κ3) is 3.63. The van der Waals surface area contributed by atoms with Gasteiger partial charge in [0, 0.05) is 28.2 Å². The average Bonchev–Trinajstić information content (AvgIpc) is 2.39. The summed E-state index contributed by atoms with van der Waals surface area (Å²) in [6.07, 6.45) is 6.86. The third-order valence-corrected chi connectivity index (χ3v) is 4.73. The van der Waals surface area contributed by atoms with Gasteiger partial charge >= 0.3 is 0 Å². The maximum atomic E-state index is 6.17. The zero-order chi connectivity index (χ0) is 13.0. The Balaban J connectivity index is 1.90. The second kappa shape index (κ2) is 6.79. The van der Waals surface area contributed by atoms with Crippen molar-refractivity contribution in [3.63, 3.8) is 0 Å². The van der Waals surface area contributed by atoms with Crippen molar-refractivity contribution in [1.29, 1.82) is 0 Å². The van der Waals surface area contributed by atoms with Crippen molar-refractivity contribution in [2.45, 2.75) is 51.6 Å². The van der Waals surface area contributed by atoms with Crippen molar-refractivity contribution in [2.24, 2.45) is 5.92 Å². The van der Waals surface area contributed by atoms with E-state index in [1.807, 2.05) is 18.2 Å². The monoisotopic (exact) mass is 285 g/mol. The van der Waals surface area contributed by atoms with Crippen LogP contribution in [0.2, 0.25) is 10.0 Å². The molecule has 1 atom stereocenters. The first-order chi connectivity index (χ1) is 8.68. The van der Waals surface area contributed by atoms with Crippen LogP contribution >= 0.6 is 23.2 Å². The molecule has 0 bridgehead atoms. The van der Waals surface area contributed by atoms with Gasteiger partial charge in [-0.25, -0.2) is 0 Å². The van der Waals surface area contributed by atoms with E-state index >= 15 is 0 Å². The fourth-order valence-corrected chi connectivity index (χ4v) is 3.30. The maximum Gasteiger partial charge on any atom is 0.0465 e. The lowest BCUT2D eigenvalue weighted by molar-refractivity contribution is 0.280. The Bertz CT molecular complexity index is 366. The van der Waals surface area contributed by atoms with Crippen LogP contribution in [0.4, 0.5) is 0 Å². The van der Waals surface area contributed by atoms with E-state index in [1.54, 1.807) is 0 Å². The van der Waals surface area contributed by atoms with E-state index in [1.165, 1.54) is 32.1 Å². The lowest BCUT2D eigenvalue weighted by Crippen LogP contribution is -2.34. The minimum atomic E-state index is 0.539. The van der Waals surface area contributed by atoms with Crippen LogP contribution in [0.5, 0.6) is 0 Å². The first kappa shape index (κ1) is 14.2. The average molecular weight is 286 g/mol. The Morgan fingerprint density at radius 3 is 2.39 bits per heavy atom. The summed E-state index contributed by atoms with van der Waals surface area (Å²) in [6, 6.07) is 6.22. The fourth-order valence-electron chi connectivity index (χ4n) is 2.77. The van der Waals surface area contributed by atoms with Gasteiger partial charge in [-0.1, -0.05) is 48.5 Å².